The Morgan fingerprint density at radius 2 is 1.33 bits per heavy atom. The summed E-state index contributed by atoms with van der Waals surface area (Å²) in [6, 6.07) is 0. The number of aliphatic hydroxyl groups is 1. The fourth-order valence-corrected chi connectivity index (χ4v) is 5.49. The molecule has 0 bridgehead atoms. The minimum atomic E-state index is -2.36. The van der Waals surface area contributed by atoms with Crippen molar-refractivity contribution in [1.82, 2.24) is 0 Å². The molecule has 0 fully saturated rings. The van der Waals surface area contributed by atoms with E-state index in [4.69, 9.17) is 11.2 Å². The summed E-state index contributed by atoms with van der Waals surface area (Å²) in [6.07, 6.45) is 2.76. The molecule has 1 nitrogen and oxygen atoms in total. The third-order valence-corrected chi connectivity index (χ3v) is 14.0. The van der Waals surface area contributed by atoms with Crippen LogP contribution in [0.15, 0.2) is 0 Å². The van der Waals surface area contributed by atoms with Crippen LogP contribution in [0.4, 0.5) is 0 Å². The molecule has 0 atom stereocenters. The van der Waals surface area contributed by atoms with Gasteiger partial charge in [-0.1, -0.05) is 0 Å². The Balaban J connectivity index is 5.11. The normalized spacial score (nSPS) is 17.1. The summed E-state index contributed by atoms with van der Waals surface area (Å²) >= 11 is 6.71. The van der Waals surface area contributed by atoms with Gasteiger partial charge in [0.1, 0.15) is 0 Å². The maximum absolute atomic E-state index is 10.1. The van der Waals surface area contributed by atoms with Crippen molar-refractivity contribution in [1.29, 1.82) is 0 Å². The van der Waals surface area contributed by atoms with Gasteiger partial charge in [0.25, 0.3) is 0 Å². The molecule has 0 spiro atoms. The summed E-state index contributed by atoms with van der Waals surface area (Å²) in [6.45, 7) is 9.99. The Bertz CT molecular complexity index is 147. The Morgan fingerprint density at radius 1 is 1.08 bits per heavy atom. The van der Waals surface area contributed by atoms with E-state index in [-0.39, 0.29) is 0 Å². The average Bonchev–Trinajstić information content (AvgIpc) is 2.01. The van der Waals surface area contributed by atoms with Crippen LogP contribution >= 0.6 is 17.2 Å². The van der Waals surface area contributed by atoms with E-state index in [0.717, 1.165) is 18.5 Å². The molecule has 0 amide bonds. The quantitative estimate of drug-likeness (QED) is 0.708. The Kier molecular flexibility index (Phi) is 3.63. The Morgan fingerprint density at radius 3 is 1.33 bits per heavy atom. The molecular weight excluding hydrogens is 191 g/mol. The molecule has 0 heterocycles. The predicted molar refractivity (Wildman–Crippen MR) is 60.7 cm³/mol. The monoisotopic (exact) mass is 212 g/mol. The first-order chi connectivity index (χ1) is 5.24. The van der Waals surface area contributed by atoms with Gasteiger partial charge in [0, 0.05) is 0 Å². The topological polar surface area (TPSA) is 20.2 Å². The zero-order valence-electron chi connectivity index (χ0n) is 8.89. The summed E-state index contributed by atoms with van der Waals surface area (Å²) in [7, 11) is 0. The molecule has 0 saturated heterocycles. The average molecular weight is 213 g/mol. The van der Waals surface area contributed by atoms with Crippen molar-refractivity contribution in [3.63, 3.8) is 0 Å². The van der Waals surface area contributed by atoms with Crippen molar-refractivity contribution in [2.45, 2.75) is 40.0 Å². The molecule has 0 aliphatic heterocycles. The SMILES string of the molecule is CCP(Cl)(CC)(CC)C(C)(C)O. The summed E-state index contributed by atoms with van der Waals surface area (Å²) in [5, 5.41) is 9.41. The summed E-state index contributed by atoms with van der Waals surface area (Å²) < 4.78 is 0. The second-order valence-electron chi connectivity index (χ2n) is 4.03. The molecule has 0 aromatic heterocycles. The number of hydrogen-bond acceptors (Lipinski definition) is 1. The predicted octanol–water partition coefficient (Wildman–Crippen LogP) is 3.48. The van der Waals surface area contributed by atoms with Crippen molar-refractivity contribution in [3.05, 3.63) is 0 Å². The zero-order chi connectivity index (χ0) is 10.1. The fourth-order valence-electron chi connectivity index (χ4n) is 1.83. The first-order valence-electron chi connectivity index (χ1n) is 4.69. The molecule has 3 heteroatoms. The first kappa shape index (κ1) is 12.7. The van der Waals surface area contributed by atoms with Gasteiger partial charge in [-0.25, -0.2) is 0 Å². The van der Waals surface area contributed by atoms with Crippen molar-refractivity contribution < 1.29 is 5.11 Å². The van der Waals surface area contributed by atoms with Gasteiger partial charge in [-0.15, -0.1) is 0 Å². The third-order valence-electron chi connectivity index (χ3n) is 3.54. The standard InChI is InChI=1S/C9H22ClOP/c1-6-12(10,7-2,8-3)9(4,5)11/h11H,6-8H2,1-5H3. The van der Waals surface area contributed by atoms with Gasteiger partial charge in [-0.2, -0.15) is 0 Å². The van der Waals surface area contributed by atoms with E-state index in [1.165, 1.54) is 0 Å². The van der Waals surface area contributed by atoms with Crippen LogP contribution in [-0.4, -0.2) is 28.9 Å². The van der Waals surface area contributed by atoms with Crippen molar-refractivity contribution in [2.24, 2.45) is 0 Å². The Labute approximate surface area is 81.2 Å². The second kappa shape index (κ2) is 3.44. The van der Waals surface area contributed by atoms with Gasteiger partial charge in [0.15, 0.2) is 0 Å². The molecule has 0 radical (unpaired) electrons. The van der Waals surface area contributed by atoms with Crippen LogP contribution in [0.3, 0.4) is 0 Å². The van der Waals surface area contributed by atoms with Crippen molar-refractivity contribution >= 4 is 17.2 Å². The minimum absolute atomic E-state index is 0.703. The summed E-state index contributed by atoms with van der Waals surface area (Å²) in [5.74, 6) is -2.36. The van der Waals surface area contributed by atoms with Crippen LogP contribution in [0.25, 0.3) is 0 Å². The van der Waals surface area contributed by atoms with E-state index in [2.05, 4.69) is 20.8 Å². The van der Waals surface area contributed by atoms with Crippen molar-refractivity contribution in [2.75, 3.05) is 18.5 Å². The number of rotatable bonds is 4. The molecule has 0 aromatic rings. The maximum atomic E-state index is 10.1. The molecule has 12 heavy (non-hydrogen) atoms. The Hall–Kier alpha value is 0.680. The van der Waals surface area contributed by atoms with Crippen LogP contribution in [0.1, 0.15) is 34.6 Å². The van der Waals surface area contributed by atoms with Gasteiger partial charge in [0.2, 0.25) is 0 Å². The van der Waals surface area contributed by atoms with Gasteiger partial charge in [0.05, 0.1) is 0 Å². The molecule has 0 aliphatic carbocycles. The van der Waals surface area contributed by atoms with Gasteiger partial charge >= 0.3 is 80.7 Å². The van der Waals surface area contributed by atoms with Gasteiger partial charge in [-0.3, -0.25) is 0 Å². The molecule has 76 valence electrons. The summed E-state index contributed by atoms with van der Waals surface area (Å²) in [5.41, 5.74) is 0. The van der Waals surface area contributed by atoms with E-state index < -0.39 is 11.3 Å². The van der Waals surface area contributed by atoms with E-state index in [1.54, 1.807) is 0 Å². The van der Waals surface area contributed by atoms with Crippen LogP contribution < -0.4 is 0 Å². The van der Waals surface area contributed by atoms with E-state index in [1.807, 2.05) is 13.8 Å². The zero-order valence-corrected chi connectivity index (χ0v) is 10.5. The fraction of sp³-hybridized carbons (Fsp3) is 1.00. The van der Waals surface area contributed by atoms with Crippen LogP contribution in [-0.2, 0) is 0 Å². The molecule has 1 N–H and O–H groups in total. The van der Waals surface area contributed by atoms with Crippen molar-refractivity contribution in [3.8, 4) is 0 Å². The molecular formula is C9H22ClOP. The van der Waals surface area contributed by atoms with Crippen LogP contribution in [0.5, 0.6) is 0 Å². The molecule has 0 unspecified atom stereocenters. The van der Waals surface area contributed by atoms with Gasteiger partial charge < -0.3 is 0 Å². The van der Waals surface area contributed by atoms with E-state index in [0.29, 0.717) is 0 Å². The molecule has 0 aliphatic rings. The van der Waals surface area contributed by atoms with Crippen LogP contribution in [0, 0.1) is 0 Å². The molecule has 0 rings (SSSR count). The van der Waals surface area contributed by atoms with Gasteiger partial charge in [-0.05, 0) is 0 Å². The first-order valence-corrected chi connectivity index (χ1v) is 8.38. The number of hydrogen-bond donors (Lipinski definition) is 1. The summed E-state index contributed by atoms with van der Waals surface area (Å²) in [4.78, 5) is 0. The number of halogens is 1. The molecule has 0 aromatic carbocycles. The van der Waals surface area contributed by atoms with E-state index >= 15 is 0 Å². The second-order valence-corrected chi connectivity index (χ2v) is 12.9. The van der Waals surface area contributed by atoms with E-state index in [9.17, 15) is 5.11 Å². The van der Waals surface area contributed by atoms with Crippen LogP contribution in [0.2, 0.25) is 0 Å². The third kappa shape index (κ3) is 1.64. The molecule has 0 saturated carbocycles.